The van der Waals surface area contributed by atoms with Crippen LogP contribution in [0.25, 0.3) is 0 Å². The SMILES string of the molecule is CNCCCNC(=O)NC(CC(=O)O)C(C)(C)C. The molecular formula is C12H25N3O3. The van der Waals surface area contributed by atoms with Gasteiger partial charge in [-0.25, -0.2) is 4.79 Å². The quantitative estimate of drug-likeness (QED) is 0.509. The van der Waals surface area contributed by atoms with Gasteiger partial charge in [-0.05, 0) is 25.4 Å². The standard InChI is InChI=1S/C12H25N3O3/c1-12(2,3)9(8-10(16)17)15-11(18)14-7-5-6-13-4/h9,13H,5-8H2,1-4H3,(H,16,17)(H2,14,15,18). The molecule has 0 rings (SSSR count). The fraction of sp³-hybridized carbons (Fsp3) is 0.833. The van der Waals surface area contributed by atoms with Crippen molar-refractivity contribution in [3.8, 4) is 0 Å². The van der Waals surface area contributed by atoms with Crippen LogP contribution in [0.5, 0.6) is 0 Å². The second-order valence-electron chi connectivity index (χ2n) is 5.37. The number of carbonyl (C=O) groups is 2. The summed E-state index contributed by atoms with van der Waals surface area (Å²) in [4.78, 5) is 22.4. The molecule has 1 atom stereocenters. The number of aliphatic carboxylic acids is 1. The average molecular weight is 259 g/mol. The van der Waals surface area contributed by atoms with Gasteiger partial charge in [0.2, 0.25) is 0 Å². The van der Waals surface area contributed by atoms with Gasteiger partial charge in [0.05, 0.1) is 6.42 Å². The molecule has 106 valence electrons. The number of carbonyl (C=O) groups excluding carboxylic acids is 1. The van der Waals surface area contributed by atoms with E-state index >= 15 is 0 Å². The summed E-state index contributed by atoms with van der Waals surface area (Å²) >= 11 is 0. The van der Waals surface area contributed by atoms with E-state index in [0.717, 1.165) is 13.0 Å². The van der Waals surface area contributed by atoms with Crippen LogP contribution in [-0.2, 0) is 4.79 Å². The van der Waals surface area contributed by atoms with Crippen LogP contribution in [0.2, 0.25) is 0 Å². The Hall–Kier alpha value is -1.30. The maximum atomic E-state index is 11.6. The van der Waals surface area contributed by atoms with Crippen LogP contribution < -0.4 is 16.0 Å². The number of carboxylic acids is 1. The van der Waals surface area contributed by atoms with E-state index in [2.05, 4.69) is 16.0 Å². The smallest absolute Gasteiger partial charge is 0.315 e. The summed E-state index contributed by atoms with van der Waals surface area (Å²) in [6.45, 7) is 7.11. The third-order valence-corrected chi connectivity index (χ3v) is 2.62. The molecule has 0 aliphatic carbocycles. The first-order chi connectivity index (χ1) is 8.27. The highest BCUT2D eigenvalue weighted by atomic mass is 16.4. The zero-order valence-corrected chi connectivity index (χ0v) is 11.7. The van der Waals surface area contributed by atoms with Crippen LogP contribution in [0.3, 0.4) is 0 Å². The lowest BCUT2D eigenvalue weighted by Crippen LogP contribution is -2.49. The van der Waals surface area contributed by atoms with E-state index in [1.165, 1.54) is 0 Å². The van der Waals surface area contributed by atoms with Crippen molar-refractivity contribution in [3.63, 3.8) is 0 Å². The van der Waals surface area contributed by atoms with Gasteiger partial charge in [-0.1, -0.05) is 20.8 Å². The molecule has 0 aliphatic rings. The molecule has 0 spiro atoms. The lowest BCUT2D eigenvalue weighted by Gasteiger charge is -2.30. The molecule has 0 aromatic heterocycles. The minimum atomic E-state index is -0.912. The Bertz CT molecular complexity index is 274. The van der Waals surface area contributed by atoms with Crippen molar-refractivity contribution in [2.75, 3.05) is 20.1 Å². The summed E-state index contributed by atoms with van der Waals surface area (Å²) in [6.07, 6.45) is 0.760. The summed E-state index contributed by atoms with van der Waals surface area (Å²) in [5.41, 5.74) is -0.291. The zero-order valence-electron chi connectivity index (χ0n) is 11.7. The van der Waals surface area contributed by atoms with E-state index in [9.17, 15) is 9.59 Å². The first-order valence-corrected chi connectivity index (χ1v) is 6.18. The molecule has 2 amide bonds. The van der Waals surface area contributed by atoms with Crippen molar-refractivity contribution in [1.29, 1.82) is 0 Å². The normalized spacial score (nSPS) is 12.9. The Morgan fingerprint density at radius 3 is 2.28 bits per heavy atom. The summed E-state index contributed by atoms with van der Waals surface area (Å²) in [5.74, 6) is -0.912. The van der Waals surface area contributed by atoms with Crippen molar-refractivity contribution in [2.24, 2.45) is 5.41 Å². The fourth-order valence-electron chi connectivity index (χ4n) is 1.42. The molecule has 6 heteroatoms. The van der Waals surface area contributed by atoms with Gasteiger partial charge in [-0.15, -0.1) is 0 Å². The second kappa shape index (κ2) is 7.92. The van der Waals surface area contributed by atoms with E-state index in [1.54, 1.807) is 0 Å². The van der Waals surface area contributed by atoms with Crippen molar-refractivity contribution >= 4 is 12.0 Å². The molecular weight excluding hydrogens is 234 g/mol. The predicted octanol–water partition coefficient (Wildman–Crippen LogP) is 0.785. The summed E-state index contributed by atoms with van der Waals surface area (Å²) in [7, 11) is 1.85. The minimum absolute atomic E-state index is 0.0760. The molecule has 0 radical (unpaired) electrons. The molecule has 4 N–H and O–H groups in total. The van der Waals surface area contributed by atoms with Crippen LogP contribution in [0.4, 0.5) is 4.79 Å². The predicted molar refractivity (Wildman–Crippen MR) is 70.6 cm³/mol. The minimum Gasteiger partial charge on any atom is -0.481 e. The van der Waals surface area contributed by atoms with Crippen LogP contribution in [0.15, 0.2) is 0 Å². The Morgan fingerprint density at radius 2 is 1.83 bits per heavy atom. The van der Waals surface area contributed by atoms with Crippen molar-refractivity contribution < 1.29 is 14.7 Å². The third kappa shape index (κ3) is 7.89. The van der Waals surface area contributed by atoms with Gasteiger partial charge in [0.25, 0.3) is 0 Å². The molecule has 0 aromatic carbocycles. The molecule has 0 aromatic rings. The van der Waals surface area contributed by atoms with E-state index in [4.69, 9.17) is 5.11 Å². The van der Waals surface area contributed by atoms with E-state index < -0.39 is 5.97 Å². The van der Waals surface area contributed by atoms with Crippen molar-refractivity contribution in [2.45, 2.75) is 39.7 Å². The van der Waals surface area contributed by atoms with E-state index in [-0.39, 0.29) is 23.9 Å². The number of urea groups is 1. The van der Waals surface area contributed by atoms with Gasteiger partial charge in [0.1, 0.15) is 0 Å². The maximum absolute atomic E-state index is 11.6. The molecule has 0 bridgehead atoms. The first-order valence-electron chi connectivity index (χ1n) is 6.18. The summed E-state index contributed by atoms with van der Waals surface area (Å²) in [6, 6.07) is -0.702. The zero-order chi connectivity index (χ0) is 14.2. The molecule has 6 nitrogen and oxygen atoms in total. The number of hydrogen-bond acceptors (Lipinski definition) is 3. The van der Waals surface area contributed by atoms with Crippen molar-refractivity contribution in [3.05, 3.63) is 0 Å². The van der Waals surface area contributed by atoms with Gasteiger partial charge < -0.3 is 21.1 Å². The third-order valence-electron chi connectivity index (χ3n) is 2.62. The molecule has 0 saturated carbocycles. The highest BCUT2D eigenvalue weighted by Gasteiger charge is 2.28. The number of amides is 2. The fourth-order valence-corrected chi connectivity index (χ4v) is 1.42. The number of carboxylic acid groups (broad SMARTS) is 1. The van der Waals surface area contributed by atoms with E-state index in [1.807, 2.05) is 27.8 Å². The van der Waals surface area contributed by atoms with Gasteiger partial charge in [-0.2, -0.15) is 0 Å². The monoisotopic (exact) mass is 259 g/mol. The first kappa shape index (κ1) is 16.7. The van der Waals surface area contributed by atoms with Gasteiger partial charge >= 0.3 is 12.0 Å². The topological polar surface area (TPSA) is 90.5 Å². The lowest BCUT2D eigenvalue weighted by atomic mass is 9.85. The van der Waals surface area contributed by atoms with E-state index in [0.29, 0.717) is 6.54 Å². The van der Waals surface area contributed by atoms with Crippen LogP contribution in [0, 0.1) is 5.41 Å². The molecule has 0 aliphatic heterocycles. The molecule has 0 heterocycles. The Kier molecular flexibility index (Phi) is 7.35. The maximum Gasteiger partial charge on any atom is 0.315 e. The highest BCUT2D eigenvalue weighted by Crippen LogP contribution is 2.21. The van der Waals surface area contributed by atoms with Crippen molar-refractivity contribution in [1.82, 2.24) is 16.0 Å². The van der Waals surface area contributed by atoms with Crippen LogP contribution >= 0.6 is 0 Å². The molecule has 0 saturated heterocycles. The lowest BCUT2D eigenvalue weighted by molar-refractivity contribution is -0.138. The number of nitrogens with one attached hydrogen (secondary N) is 3. The van der Waals surface area contributed by atoms with Crippen LogP contribution in [0.1, 0.15) is 33.6 Å². The Balaban J connectivity index is 4.15. The molecule has 18 heavy (non-hydrogen) atoms. The molecule has 0 fully saturated rings. The van der Waals surface area contributed by atoms with Crippen LogP contribution in [-0.4, -0.2) is 43.3 Å². The Labute approximate surface area is 109 Å². The second-order valence-corrected chi connectivity index (χ2v) is 5.37. The Morgan fingerprint density at radius 1 is 1.22 bits per heavy atom. The van der Waals surface area contributed by atoms with Gasteiger partial charge in [-0.3, -0.25) is 4.79 Å². The largest absolute Gasteiger partial charge is 0.481 e. The number of rotatable bonds is 7. The highest BCUT2D eigenvalue weighted by molar-refractivity contribution is 5.75. The van der Waals surface area contributed by atoms with Gasteiger partial charge in [0, 0.05) is 12.6 Å². The molecule has 1 unspecified atom stereocenters. The summed E-state index contributed by atoms with van der Waals surface area (Å²) in [5, 5.41) is 17.2. The summed E-state index contributed by atoms with van der Waals surface area (Å²) < 4.78 is 0. The average Bonchev–Trinajstić information content (AvgIpc) is 2.21. The number of hydrogen-bond donors (Lipinski definition) is 4. The van der Waals surface area contributed by atoms with Gasteiger partial charge in [0.15, 0.2) is 0 Å².